The molecule has 0 N–H and O–H groups in total. The summed E-state index contributed by atoms with van der Waals surface area (Å²) in [6.45, 7) is 9.03. The molecule has 4 heteroatoms. The van der Waals surface area contributed by atoms with Crippen molar-refractivity contribution in [1.29, 1.82) is 0 Å². The Morgan fingerprint density at radius 3 is 1.49 bits per heavy atom. The first kappa shape index (κ1) is 35.2. The maximum absolute atomic E-state index is 6.06. The Kier molecular flexibility index (Phi) is 8.37. The SMILES string of the molecule is CN1C=CN(c2[c-]c(C3(c4cc(C(C)(C)C)cc(C5(c6[c-]cccc6)c6ccccc6-c6ccccc65)n4)c4ccccc4-c4ccccc43)ccc2)[CH-]1.[Pt]. The minimum absolute atomic E-state index is 0. The molecule has 272 valence electrons. The summed E-state index contributed by atoms with van der Waals surface area (Å²) in [7, 11) is 2.05. The van der Waals surface area contributed by atoms with Crippen LogP contribution >= 0.6 is 0 Å². The van der Waals surface area contributed by atoms with E-state index in [1.54, 1.807) is 0 Å². The summed E-state index contributed by atoms with van der Waals surface area (Å²) in [6, 6.07) is 63.0. The van der Waals surface area contributed by atoms with Crippen molar-refractivity contribution in [2.45, 2.75) is 37.0 Å². The maximum Gasteiger partial charge on any atom is 0.0663 e. The average Bonchev–Trinajstić information content (AvgIpc) is 3.87. The predicted molar refractivity (Wildman–Crippen MR) is 219 cm³/mol. The summed E-state index contributed by atoms with van der Waals surface area (Å²) in [4.78, 5) is 10.3. The number of aromatic nitrogens is 1. The number of pyridine rings is 1. The molecule has 0 unspecified atom stereocenters. The summed E-state index contributed by atoms with van der Waals surface area (Å²) in [5, 5.41) is 0. The molecule has 3 aliphatic rings. The van der Waals surface area contributed by atoms with E-state index in [0.29, 0.717) is 0 Å². The first-order valence-electron chi connectivity index (χ1n) is 18.8. The van der Waals surface area contributed by atoms with Gasteiger partial charge in [0.2, 0.25) is 0 Å². The van der Waals surface area contributed by atoms with Gasteiger partial charge in [0.05, 0.1) is 22.2 Å². The van der Waals surface area contributed by atoms with E-state index in [1.807, 2.05) is 13.1 Å². The molecule has 1 aromatic heterocycles. The van der Waals surface area contributed by atoms with E-state index in [9.17, 15) is 0 Å². The first-order valence-corrected chi connectivity index (χ1v) is 18.8. The van der Waals surface area contributed by atoms with E-state index in [0.717, 1.165) is 28.2 Å². The summed E-state index contributed by atoms with van der Waals surface area (Å²) < 4.78 is 0. The van der Waals surface area contributed by atoms with Gasteiger partial charge in [0, 0.05) is 21.1 Å². The molecule has 10 rings (SSSR count). The first-order chi connectivity index (χ1) is 26.3. The summed E-state index contributed by atoms with van der Waals surface area (Å²) in [6.07, 6.45) is 4.15. The van der Waals surface area contributed by atoms with Gasteiger partial charge < -0.3 is 9.80 Å². The standard InChI is InChI=1S/C51H40N3.Pt/c1-49(2,3)37-32-47(50(35-17-6-5-7-18-35)43-25-12-8-21-39(43)40-22-9-13-26-44(40)50)52-48(33-37)51(36-19-16-20-38(31-36)54-30-29-53(4)34-54)45-27-14-10-23-41(45)42-24-11-15-28-46(42)51;/h5-17,19-30,32-34H,1-4H3;/q-3;. The van der Waals surface area contributed by atoms with E-state index in [2.05, 4.69) is 207 Å². The third-order valence-electron chi connectivity index (χ3n) is 11.7. The minimum Gasteiger partial charge on any atom is -0.510 e. The normalized spacial score (nSPS) is 15.6. The van der Waals surface area contributed by atoms with E-state index in [-0.39, 0.29) is 26.5 Å². The fraction of sp³-hybridized carbons (Fsp3) is 0.137. The molecule has 0 bridgehead atoms. The van der Waals surface area contributed by atoms with Crippen molar-refractivity contribution in [2.75, 3.05) is 11.9 Å². The maximum atomic E-state index is 6.06. The molecule has 1 aliphatic heterocycles. The number of rotatable bonds is 5. The quantitative estimate of drug-likeness (QED) is 0.161. The molecule has 0 fully saturated rings. The molecule has 3 nitrogen and oxygen atoms in total. The van der Waals surface area contributed by atoms with Crippen LogP contribution in [-0.4, -0.2) is 16.9 Å². The molecule has 0 spiro atoms. The van der Waals surface area contributed by atoms with Gasteiger partial charge in [-0.1, -0.05) is 118 Å². The van der Waals surface area contributed by atoms with Crippen LogP contribution in [0.2, 0.25) is 0 Å². The number of hydrogen-bond donors (Lipinski definition) is 0. The Labute approximate surface area is 339 Å². The van der Waals surface area contributed by atoms with E-state index in [1.165, 1.54) is 50.1 Å². The topological polar surface area (TPSA) is 19.4 Å². The van der Waals surface area contributed by atoms with Gasteiger partial charge >= 0.3 is 0 Å². The Balaban J connectivity index is 0.00000397. The van der Waals surface area contributed by atoms with Gasteiger partial charge in [-0.05, 0) is 87.1 Å². The second-order valence-electron chi connectivity index (χ2n) is 15.8. The summed E-state index contributed by atoms with van der Waals surface area (Å²) in [5.41, 5.74) is 14.5. The minimum atomic E-state index is -0.756. The van der Waals surface area contributed by atoms with Crippen LogP contribution in [0.1, 0.15) is 71.1 Å². The third-order valence-corrected chi connectivity index (χ3v) is 11.7. The van der Waals surface area contributed by atoms with E-state index in [4.69, 9.17) is 4.98 Å². The summed E-state index contributed by atoms with van der Waals surface area (Å²) >= 11 is 0. The molecule has 2 heterocycles. The smallest absolute Gasteiger partial charge is 0.0663 e. The fourth-order valence-corrected chi connectivity index (χ4v) is 9.27. The van der Waals surface area contributed by atoms with Gasteiger partial charge in [0.15, 0.2) is 0 Å². The van der Waals surface area contributed by atoms with Crippen LogP contribution in [0.3, 0.4) is 0 Å². The Morgan fingerprint density at radius 2 is 1.04 bits per heavy atom. The zero-order valence-electron chi connectivity index (χ0n) is 31.3. The molecule has 0 atom stereocenters. The van der Waals surface area contributed by atoms with Crippen molar-refractivity contribution in [1.82, 2.24) is 9.88 Å². The van der Waals surface area contributed by atoms with Crippen molar-refractivity contribution in [3.63, 3.8) is 0 Å². The Hall–Kier alpha value is -5.50. The van der Waals surface area contributed by atoms with Crippen molar-refractivity contribution in [3.8, 4) is 22.3 Å². The van der Waals surface area contributed by atoms with Crippen LogP contribution < -0.4 is 4.90 Å². The average molecular weight is 890 g/mol. The molecule has 0 saturated heterocycles. The van der Waals surface area contributed by atoms with Gasteiger partial charge in [-0.15, -0.1) is 16.8 Å². The largest absolute Gasteiger partial charge is 0.510 e. The summed E-state index contributed by atoms with van der Waals surface area (Å²) in [5.74, 6) is 0. The Morgan fingerprint density at radius 1 is 0.564 bits per heavy atom. The van der Waals surface area contributed by atoms with Gasteiger partial charge in [0.1, 0.15) is 0 Å². The number of anilines is 1. The van der Waals surface area contributed by atoms with Crippen molar-refractivity contribution in [2.24, 2.45) is 0 Å². The number of fused-ring (bicyclic) bond motifs is 6. The second-order valence-corrected chi connectivity index (χ2v) is 15.8. The van der Waals surface area contributed by atoms with Crippen LogP contribution in [0.15, 0.2) is 164 Å². The van der Waals surface area contributed by atoms with E-state index < -0.39 is 10.8 Å². The van der Waals surface area contributed by atoms with E-state index >= 15 is 0 Å². The molecular weight excluding hydrogens is 850 g/mol. The van der Waals surface area contributed by atoms with Crippen LogP contribution in [0.5, 0.6) is 0 Å². The fourth-order valence-electron chi connectivity index (χ4n) is 9.27. The molecule has 6 aromatic carbocycles. The van der Waals surface area contributed by atoms with Crippen molar-refractivity contribution >= 4 is 5.69 Å². The molecular formula is C51H40N3Pt-3. The van der Waals surface area contributed by atoms with Crippen molar-refractivity contribution < 1.29 is 21.1 Å². The molecule has 0 saturated carbocycles. The zero-order chi connectivity index (χ0) is 36.7. The van der Waals surface area contributed by atoms with Gasteiger partial charge in [-0.3, -0.25) is 4.98 Å². The van der Waals surface area contributed by atoms with Gasteiger partial charge in [-0.25, -0.2) is 0 Å². The van der Waals surface area contributed by atoms with Gasteiger partial charge in [0.25, 0.3) is 0 Å². The zero-order valence-corrected chi connectivity index (χ0v) is 33.6. The number of benzene rings is 6. The third kappa shape index (κ3) is 5.09. The molecule has 55 heavy (non-hydrogen) atoms. The molecule has 7 aromatic rings. The molecule has 2 aliphatic carbocycles. The number of hydrogen-bond acceptors (Lipinski definition) is 3. The van der Waals surface area contributed by atoms with Crippen LogP contribution in [-0.2, 0) is 37.3 Å². The molecule has 0 amide bonds. The van der Waals surface area contributed by atoms with Crippen LogP contribution in [0.4, 0.5) is 5.69 Å². The molecule has 0 radical (unpaired) electrons. The van der Waals surface area contributed by atoms with Crippen LogP contribution in [0.25, 0.3) is 22.3 Å². The number of nitrogens with zero attached hydrogens (tertiary/aromatic N) is 3. The van der Waals surface area contributed by atoms with Crippen LogP contribution in [0, 0.1) is 18.8 Å². The van der Waals surface area contributed by atoms with Crippen molar-refractivity contribution in [3.05, 3.63) is 233 Å². The monoisotopic (exact) mass is 889 g/mol. The second kappa shape index (κ2) is 13.1. The Bertz CT molecular complexity index is 2530. The predicted octanol–water partition coefficient (Wildman–Crippen LogP) is 11.0. The van der Waals surface area contributed by atoms with Gasteiger partial charge in [-0.2, -0.15) is 61.3 Å².